The Bertz CT molecular complexity index is 813. The van der Waals surface area contributed by atoms with Gasteiger partial charge in [-0.1, -0.05) is 39.8 Å². The van der Waals surface area contributed by atoms with Crippen molar-refractivity contribution < 1.29 is 19.0 Å². The third kappa shape index (κ3) is 6.65. The van der Waals surface area contributed by atoms with E-state index in [1.165, 1.54) is 5.56 Å². The van der Waals surface area contributed by atoms with Crippen LogP contribution in [0.3, 0.4) is 0 Å². The van der Waals surface area contributed by atoms with Crippen LogP contribution >= 0.6 is 0 Å². The van der Waals surface area contributed by atoms with Crippen molar-refractivity contribution in [2.24, 2.45) is 0 Å². The van der Waals surface area contributed by atoms with Gasteiger partial charge in [0.25, 0.3) is 0 Å². The van der Waals surface area contributed by atoms with Gasteiger partial charge in [-0.3, -0.25) is 4.79 Å². The zero-order valence-electron chi connectivity index (χ0n) is 18.7. The molecule has 4 nitrogen and oxygen atoms in total. The number of ether oxygens (including phenoxy) is 3. The first-order valence-electron chi connectivity index (χ1n) is 11.0. The summed E-state index contributed by atoms with van der Waals surface area (Å²) in [6, 6.07) is 11.6. The van der Waals surface area contributed by atoms with Crippen molar-refractivity contribution in [1.82, 2.24) is 0 Å². The highest BCUT2D eigenvalue weighted by Crippen LogP contribution is 2.31. The van der Waals surface area contributed by atoms with Gasteiger partial charge in [-0.05, 0) is 67.7 Å². The summed E-state index contributed by atoms with van der Waals surface area (Å²) in [5.74, 6) is 1.77. The Labute approximate surface area is 180 Å². The van der Waals surface area contributed by atoms with Crippen molar-refractivity contribution in [1.29, 1.82) is 0 Å². The van der Waals surface area contributed by atoms with E-state index >= 15 is 0 Å². The largest absolute Gasteiger partial charge is 0.493 e. The summed E-state index contributed by atoms with van der Waals surface area (Å²) in [6.07, 6.45) is 6.99. The van der Waals surface area contributed by atoms with Crippen LogP contribution in [0, 0.1) is 0 Å². The molecule has 4 heteroatoms. The van der Waals surface area contributed by atoms with Gasteiger partial charge in [-0.25, -0.2) is 0 Å². The van der Waals surface area contributed by atoms with Crippen LogP contribution in [0.4, 0.5) is 0 Å². The highest BCUT2D eigenvalue weighted by molar-refractivity contribution is 6.10. The average Bonchev–Trinajstić information content (AvgIpc) is 2.78. The maximum Gasteiger partial charge on any atom is 0.193 e. The van der Waals surface area contributed by atoms with Crippen LogP contribution in [0.5, 0.6) is 17.2 Å². The van der Waals surface area contributed by atoms with Crippen molar-refractivity contribution in [3.05, 3.63) is 59.2 Å². The summed E-state index contributed by atoms with van der Waals surface area (Å²) < 4.78 is 17.5. The first-order chi connectivity index (χ1) is 14.6. The second kappa shape index (κ2) is 12.7. The van der Waals surface area contributed by atoms with E-state index in [9.17, 15) is 4.79 Å². The van der Waals surface area contributed by atoms with Crippen molar-refractivity contribution in [2.75, 3.05) is 19.8 Å². The molecule has 2 aromatic rings. The Hall–Kier alpha value is -2.75. The topological polar surface area (TPSA) is 44.8 Å². The molecule has 0 bridgehead atoms. The summed E-state index contributed by atoms with van der Waals surface area (Å²) in [7, 11) is 0. The molecule has 0 heterocycles. The summed E-state index contributed by atoms with van der Waals surface area (Å²) in [6.45, 7) is 10.0. The molecule has 0 saturated carbocycles. The predicted octanol–water partition coefficient (Wildman–Crippen LogP) is 6.51. The predicted molar refractivity (Wildman–Crippen MR) is 123 cm³/mol. The van der Waals surface area contributed by atoms with Gasteiger partial charge in [-0.15, -0.1) is 0 Å². The first-order valence-corrected chi connectivity index (χ1v) is 11.0. The van der Waals surface area contributed by atoms with Crippen LogP contribution in [0.2, 0.25) is 0 Å². The van der Waals surface area contributed by atoms with Gasteiger partial charge in [0.05, 0.1) is 19.8 Å². The van der Waals surface area contributed by atoms with E-state index < -0.39 is 0 Å². The minimum Gasteiger partial charge on any atom is -0.493 e. The quantitative estimate of drug-likeness (QED) is 0.279. The molecule has 30 heavy (non-hydrogen) atoms. The third-order valence-electron chi connectivity index (χ3n) is 4.52. The third-order valence-corrected chi connectivity index (χ3v) is 4.52. The number of hydrogen-bond acceptors (Lipinski definition) is 4. The monoisotopic (exact) mass is 410 g/mol. The van der Waals surface area contributed by atoms with Gasteiger partial charge in [-0.2, -0.15) is 0 Å². The number of hydrogen-bond donors (Lipinski definition) is 0. The number of rotatable bonds is 13. The molecule has 0 N–H and O–H groups in total. The molecule has 0 radical (unpaired) electrons. The fourth-order valence-electron chi connectivity index (χ4n) is 2.96. The van der Waals surface area contributed by atoms with E-state index in [1.807, 2.05) is 44.2 Å². The Morgan fingerprint density at radius 3 is 1.90 bits per heavy atom. The van der Waals surface area contributed by atoms with Crippen molar-refractivity contribution >= 4 is 11.9 Å². The standard InChI is InChI=1S/C26H34O4/c1-5-16-28-23-15-12-20(8-4)19-21(23)13-14-22(27)26-24(29-17-6-2)10-9-11-25(26)30-18-7-3/h9-15,19H,5-8,16-18H2,1-4H3/b14-13+. The first kappa shape index (κ1) is 23.5. The van der Waals surface area contributed by atoms with Crippen LogP contribution in [0.15, 0.2) is 42.5 Å². The summed E-state index contributed by atoms with van der Waals surface area (Å²) >= 11 is 0. The minimum atomic E-state index is -0.142. The number of carbonyl (C=O) groups excluding carboxylic acids is 1. The molecular weight excluding hydrogens is 376 g/mol. The molecule has 0 aliphatic carbocycles. The molecule has 0 aliphatic heterocycles. The SMILES string of the molecule is CCCOc1ccc(CC)cc1/C=C/C(=O)c1c(OCCC)cccc1OCCC. The summed E-state index contributed by atoms with van der Waals surface area (Å²) in [5, 5.41) is 0. The summed E-state index contributed by atoms with van der Waals surface area (Å²) in [5.41, 5.74) is 2.57. The van der Waals surface area contributed by atoms with E-state index in [0.29, 0.717) is 36.9 Å². The zero-order valence-corrected chi connectivity index (χ0v) is 18.7. The molecule has 0 amide bonds. The van der Waals surface area contributed by atoms with Crippen LogP contribution in [-0.2, 0) is 6.42 Å². The number of benzene rings is 2. The molecule has 0 spiro atoms. The van der Waals surface area contributed by atoms with Crippen LogP contribution in [0.1, 0.15) is 68.4 Å². The fourth-order valence-corrected chi connectivity index (χ4v) is 2.96. The Morgan fingerprint density at radius 2 is 1.37 bits per heavy atom. The molecule has 0 atom stereocenters. The Kier molecular flexibility index (Phi) is 9.99. The van der Waals surface area contributed by atoms with E-state index in [1.54, 1.807) is 6.08 Å². The molecule has 0 unspecified atom stereocenters. The lowest BCUT2D eigenvalue weighted by atomic mass is 10.0. The molecule has 2 aromatic carbocycles. The molecule has 0 aromatic heterocycles. The van der Waals surface area contributed by atoms with Crippen LogP contribution in [-0.4, -0.2) is 25.6 Å². The second-order valence-electron chi connectivity index (χ2n) is 7.10. The average molecular weight is 411 g/mol. The molecule has 162 valence electrons. The number of aryl methyl sites for hydroxylation is 1. The molecular formula is C26H34O4. The Balaban J connectivity index is 2.37. The normalized spacial score (nSPS) is 10.9. The highest BCUT2D eigenvalue weighted by atomic mass is 16.5. The van der Waals surface area contributed by atoms with E-state index in [-0.39, 0.29) is 5.78 Å². The van der Waals surface area contributed by atoms with Gasteiger partial charge in [0.1, 0.15) is 22.8 Å². The van der Waals surface area contributed by atoms with Crippen molar-refractivity contribution in [3.8, 4) is 17.2 Å². The number of allylic oxidation sites excluding steroid dienone is 1. The maximum absolute atomic E-state index is 13.2. The van der Waals surface area contributed by atoms with Gasteiger partial charge in [0, 0.05) is 5.56 Å². The maximum atomic E-state index is 13.2. The molecule has 0 aliphatic rings. The second-order valence-corrected chi connectivity index (χ2v) is 7.10. The van der Waals surface area contributed by atoms with E-state index in [0.717, 1.165) is 37.0 Å². The lowest BCUT2D eigenvalue weighted by molar-refractivity contribution is 0.103. The zero-order chi connectivity index (χ0) is 21.8. The van der Waals surface area contributed by atoms with Gasteiger partial charge in [0.15, 0.2) is 5.78 Å². The smallest absolute Gasteiger partial charge is 0.193 e. The van der Waals surface area contributed by atoms with Crippen molar-refractivity contribution in [3.63, 3.8) is 0 Å². The number of carbonyl (C=O) groups is 1. The van der Waals surface area contributed by atoms with Gasteiger partial charge < -0.3 is 14.2 Å². The van der Waals surface area contributed by atoms with Gasteiger partial charge in [0.2, 0.25) is 0 Å². The lowest BCUT2D eigenvalue weighted by Crippen LogP contribution is -2.07. The fraction of sp³-hybridized carbons (Fsp3) is 0.423. The van der Waals surface area contributed by atoms with E-state index in [2.05, 4.69) is 26.0 Å². The minimum absolute atomic E-state index is 0.142. The molecule has 0 fully saturated rings. The summed E-state index contributed by atoms with van der Waals surface area (Å²) in [4.78, 5) is 13.2. The van der Waals surface area contributed by atoms with Crippen LogP contribution in [0.25, 0.3) is 6.08 Å². The lowest BCUT2D eigenvalue weighted by Gasteiger charge is -2.14. The Morgan fingerprint density at radius 1 is 0.800 bits per heavy atom. The van der Waals surface area contributed by atoms with Gasteiger partial charge >= 0.3 is 0 Å². The van der Waals surface area contributed by atoms with E-state index in [4.69, 9.17) is 14.2 Å². The molecule has 0 saturated heterocycles. The number of ketones is 1. The highest BCUT2D eigenvalue weighted by Gasteiger charge is 2.17. The van der Waals surface area contributed by atoms with Crippen LogP contribution < -0.4 is 14.2 Å². The van der Waals surface area contributed by atoms with Crippen molar-refractivity contribution in [2.45, 2.75) is 53.4 Å². The molecule has 2 rings (SSSR count).